The highest BCUT2D eigenvalue weighted by atomic mass is 19.4. The number of likely N-dealkylation sites (tertiary alicyclic amines) is 1. The number of halogens is 3. The first kappa shape index (κ1) is 18.6. The Morgan fingerprint density at radius 2 is 2.12 bits per heavy atom. The molecule has 1 saturated heterocycles. The summed E-state index contributed by atoms with van der Waals surface area (Å²) in [5.74, 6) is 2.11. The Labute approximate surface area is 150 Å². The third-order valence-electron chi connectivity index (χ3n) is 4.38. The van der Waals surface area contributed by atoms with E-state index < -0.39 is 12.7 Å². The monoisotopic (exact) mass is 372 g/mol. The van der Waals surface area contributed by atoms with E-state index in [0.29, 0.717) is 32.0 Å². The van der Waals surface area contributed by atoms with Crippen molar-refractivity contribution in [3.63, 3.8) is 0 Å². The lowest BCUT2D eigenvalue weighted by molar-refractivity contribution is -0.143. The molecule has 0 spiro atoms. The number of alkyl halides is 3. The third-order valence-corrected chi connectivity index (χ3v) is 4.38. The van der Waals surface area contributed by atoms with Crippen LogP contribution in [0.5, 0.6) is 11.5 Å². The maximum absolute atomic E-state index is 12.5. The van der Waals surface area contributed by atoms with Crippen molar-refractivity contribution >= 4 is 5.96 Å². The van der Waals surface area contributed by atoms with Gasteiger partial charge in [0.15, 0.2) is 17.5 Å². The smallest absolute Gasteiger partial charge is 0.401 e. The van der Waals surface area contributed by atoms with Gasteiger partial charge in [-0.3, -0.25) is 9.89 Å². The molecule has 1 atom stereocenters. The Balaban J connectivity index is 1.41. The molecule has 0 aliphatic carbocycles. The van der Waals surface area contributed by atoms with E-state index in [0.717, 1.165) is 23.5 Å². The zero-order chi connectivity index (χ0) is 18.6. The van der Waals surface area contributed by atoms with E-state index in [4.69, 9.17) is 9.47 Å². The average molecular weight is 372 g/mol. The normalized spacial score (nSPS) is 20.5. The molecule has 144 valence electrons. The van der Waals surface area contributed by atoms with Crippen molar-refractivity contribution < 1.29 is 22.6 Å². The molecule has 3 rings (SSSR count). The van der Waals surface area contributed by atoms with Crippen LogP contribution in [0.25, 0.3) is 0 Å². The fraction of sp³-hybridized carbons (Fsp3) is 0.588. The summed E-state index contributed by atoms with van der Waals surface area (Å²) in [4.78, 5) is 5.56. The highest BCUT2D eigenvalue weighted by Gasteiger charge is 2.34. The Hall–Kier alpha value is -2.16. The Morgan fingerprint density at radius 1 is 1.31 bits per heavy atom. The maximum atomic E-state index is 12.5. The number of nitrogens with zero attached hydrogens (tertiary/aromatic N) is 2. The molecule has 0 bridgehead atoms. The van der Waals surface area contributed by atoms with Gasteiger partial charge in [0.1, 0.15) is 0 Å². The van der Waals surface area contributed by atoms with Crippen LogP contribution >= 0.6 is 0 Å². The lowest BCUT2D eigenvalue weighted by atomic mass is 10.1. The Kier molecular flexibility index (Phi) is 5.75. The van der Waals surface area contributed by atoms with Crippen LogP contribution in [0.4, 0.5) is 13.2 Å². The van der Waals surface area contributed by atoms with Crippen molar-refractivity contribution in [1.82, 2.24) is 15.5 Å². The number of ether oxygens (including phenoxy) is 2. The van der Waals surface area contributed by atoms with Crippen LogP contribution in [0.3, 0.4) is 0 Å². The van der Waals surface area contributed by atoms with Gasteiger partial charge >= 0.3 is 6.18 Å². The van der Waals surface area contributed by atoms with Crippen molar-refractivity contribution in [2.24, 2.45) is 4.99 Å². The van der Waals surface area contributed by atoms with Crippen molar-refractivity contribution in [2.75, 3.05) is 40.0 Å². The molecule has 1 aromatic rings. The molecule has 1 fully saturated rings. The molecule has 0 aromatic heterocycles. The molecule has 26 heavy (non-hydrogen) atoms. The summed E-state index contributed by atoms with van der Waals surface area (Å²) in [6.45, 7) is 0.841. The number of aliphatic imine (C=N–C) groups is 1. The largest absolute Gasteiger partial charge is 0.454 e. The molecule has 1 unspecified atom stereocenters. The summed E-state index contributed by atoms with van der Waals surface area (Å²) in [5.41, 5.74) is 1.11. The lowest BCUT2D eigenvalue weighted by Crippen LogP contribution is -2.45. The molecular weight excluding hydrogens is 349 g/mol. The van der Waals surface area contributed by atoms with Gasteiger partial charge in [0, 0.05) is 32.7 Å². The van der Waals surface area contributed by atoms with E-state index in [1.165, 1.54) is 4.90 Å². The number of nitrogens with one attached hydrogen (secondary N) is 2. The van der Waals surface area contributed by atoms with E-state index in [1.807, 2.05) is 18.2 Å². The van der Waals surface area contributed by atoms with Crippen LogP contribution in [0.1, 0.15) is 12.0 Å². The molecule has 0 amide bonds. The fourth-order valence-electron chi connectivity index (χ4n) is 3.16. The van der Waals surface area contributed by atoms with Gasteiger partial charge in [-0.25, -0.2) is 0 Å². The van der Waals surface area contributed by atoms with Gasteiger partial charge in [-0.05, 0) is 30.5 Å². The van der Waals surface area contributed by atoms with E-state index in [1.54, 1.807) is 7.05 Å². The molecular formula is C17H23F3N4O2. The minimum atomic E-state index is -4.15. The fourth-order valence-corrected chi connectivity index (χ4v) is 3.16. The van der Waals surface area contributed by atoms with Crippen molar-refractivity contribution in [3.05, 3.63) is 23.8 Å². The molecule has 0 radical (unpaired) electrons. The van der Waals surface area contributed by atoms with Crippen molar-refractivity contribution in [3.8, 4) is 11.5 Å². The van der Waals surface area contributed by atoms with Gasteiger partial charge in [-0.2, -0.15) is 13.2 Å². The summed E-state index contributed by atoms with van der Waals surface area (Å²) >= 11 is 0. The molecule has 0 saturated carbocycles. The number of guanidine groups is 1. The minimum absolute atomic E-state index is 0.0332. The average Bonchev–Trinajstić information content (AvgIpc) is 3.21. The lowest BCUT2D eigenvalue weighted by Gasteiger charge is -2.19. The van der Waals surface area contributed by atoms with Crippen molar-refractivity contribution in [2.45, 2.75) is 25.1 Å². The SMILES string of the molecule is CN=C(NCCc1ccc2c(c1)OCO2)NC1CCN(CC(F)(F)F)C1. The summed E-state index contributed by atoms with van der Waals surface area (Å²) < 4.78 is 48.0. The first-order valence-corrected chi connectivity index (χ1v) is 8.58. The number of hydrogen-bond donors (Lipinski definition) is 2. The highest BCUT2D eigenvalue weighted by Crippen LogP contribution is 2.32. The maximum Gasteiger partial charge on any atom is 0.401 e. The quantitative estimate of drug-likeness (QED) is 0.609. The molecule has 2 aliphatic rings. The van der Waals surface area contributed by atoms with E-state index >= 15 is 0 Å². The van der Waals surface area contributed by atoms with Crippen LogP contribution in [-0.2, 0) is 6.42 Å². The first-order valence-electron chi connectivity index (χ1n) is 8.58. The Morgan fingerprint density at radius 3 is 2.88 bits per heavy atom. The van der Waals surface area contributed by atoms with Gasteiger partial charge in [-0.15, -0.1) is 0 Å². The van der Waals surface area contributed by atoms with Crippen LogP contribution in [0, 0.1) is 0 Å². The molecule has 9 heteroatoms. The summed E-state index contributed by atoms with van der Waals surface area (Å²) in [5, 5.41) is 6.40. The molecule has 2 aliphatic heterocycles. The zero-order valence-corrected chi connectivity index (χ0v) is 14.6. The topological polar surface area (TPSA) is 58.1 Å². The molecule has 1 aromatic carbocycles. The van der Waals surface area contributed by atoms with Gasteiger partial charge in [-0.1, -0.05) is 6.07 Å². The van der Waals surface area contributed by atoms with Gasteiger partial charge < -0.3 is 20.1 Å². The number of fused-ring (bicyclic) bond motifs is 1. The zero-order valence-electron chi connectivity index (χ0n) is 14.6. The van der Waals surface area contributed by atoms with E-state index in [9.17, 15) is 13.2 Å². The van der Waals surface area contributed by atoms with Crippen LogP contribution in [-0.4, -0.2) is 63.1 Å². The summed E-state index contributed by atoms with van der Waals surface area (Å²) in [6, 6.07) is 5.79. The highest BCUT2D eigenvalue weighted by molar-refractivity contribution is 5.80. The van der Waals surface area contributed by atoms with Crippen LogP contribution in [0.15, 0.2) is 23.2 Å². The number of benzene rings is 1. The van der Waals surface area contributed by atoms with Crippen molar-refractivity contribution in [1.29, 1.82) is 0 Å². The predicted molar refractivity (Wildman–Crippen MR) is 91.7 cm³/mol. The van der Waals surface area contributed by atoms with Gasteiger partial charge in [0.25, 0.3) is 0 Å². The van der Waals surface area contributed by atoms with Crippen LogP contribution in [0.2, 0.25) is 0 Å². The van der Waals surface area contributed by atoms with E-state index in [-0.39, 0.29) is 12.8 Å². The summed E-state index contributed by atoms with van der Waals surface area (Å²) in [7, 11) is 1.65. The molecule has 2 heterocycles. The standard InChI is InChI=1S/C17H23F3N4O2/c1-21-16(23-13-5-7-24(9-13)10-17(18,19)20)22-6-4-12-2-3-14-15(8-12)26-11-25-14/h2-3,8,13H,4-7,9-11H2,1H3,(H2,21,22,23). The summed E-state index contributed by atoms with van der Waals surface area (Å²) in [6.07, 6.45) is -2.72. The third kappa shape index (κ3) is 5.17. The van der Waals surface area contributed by atoms with E-state index in [2.05, 4.69) is 15.6 Å². The van der Waals surface area contributed by atoms with Gasteiger partial charge in [0.2, 0.25) is 6.79 Å². The second-order valence-electron chi connectivity index (χ2n) is 6.42. The predicted octanol–water partition coefficient (Wildman–Crippen LogP) is 1.76. The molecule has 2 N–H and O–H groups in total. The second kappa shape index (κ2) is 8.03. The second-order valence-corrected chi connectivity index (χ2v) is 6.42. The first-order chi connectivity index (χ1) is 12.4. The molecule has 6 nitrogen and oxygen atoms in total. The number of rotatable bonds is 5. The minimum Gasteiger partial charge on any atom is -0.454 e. The Bertz CT molecular complexity index is 651. The van der Waals surface area contributed by atoms with Gasteiger partial charge in [0.05, 0.1) is 6.54 Å². The number of hydrogen-bond acceptors (Lipinski definition) is 4. The van der Waals surface area contributed by atoms with Crippen LogP contribution < -0.4 is 20.1 Å².